The molecule has 0 atom stereocenters. The van der Waals surface area contributed by atoms with Crippen molar-refractivity contribution in [3.05, 3.63) is 66.4 Å². The summed E-state index contributed by atoms with van der Waals surface area (Å²) in [5.74, 6) is 0.353. The van der Waals surface area contributed by atoms with Crippen molar-refractivity contribution < 1.29 is 4.79 Å². The molecular formula is C17H15N3O. The Bertz CT molecular complexity index is 812. The number of fused-ring (bicyclic) bond motifs is 1. The lowest BCUT2D eigenvalue weighted by Crippen LogP contribution is -2.08. The van der Waals surface area contributed by atoms with Crippen molar-refractivity contribution >= 4 is 28.6 Å². The van der Waals surface area contributed by atoms with E-state index in [1.807, 2.05) is 43.5 Å². The van der Waals surface area contributed by atoms with Crippen LogP contribution in [0.4, 0.5) is 5.82 Å². The molecule has 4 heteroatoms. The first-order valence-electron chi connectivity index (χ1n) is 6.69. The Morgan fingerprint density at radius 1 is 1.14 bits per heavy atom. The van der Waals surface area contributed by atoms with Crippen LogP contribution in [0.1, 0.15) is 5.56 Å². The molecule has 2 aromatic carbocycles. The third kappa shape index (κ3) is 3.00. The smallest absolute Gasteiger partial charge is 0.249 e. The lowest BCUT2D eigenvalue weighted by atomic mass is 10.0. The van der Waals surface area contributed by atoms with E-state index in [9.17, 15) is 4.79 Å². The van der Waals surface area contributed by atoms with Crippen LogP contribution in [0.2, 0.25) is 0 Å². The number of nitrogens with zero attached hydrogens (tertiary/aromatic N) is 2. The van der Waals surface area contributed by atoms with Crippen LogP contribution in [-0.4, -0.2) is 15.7 Å². The quantitative estimate of drug-likeness (QED) is 0.747. The van der Waals surface area contributed by atoms with Crippen molar-refractivity contribution in [1.29, 1.82) is 0 Å². The number of aromatic nitrogens is 2. The predicted octanol–water partition coefficient (Wildman–Crippen LogP) is 3.23. The van der Waals surface area contributed by atoms with Crippen molar-refractivity contribution in [2.75, 3.05) is 5.32 Å². The summed E-state index contributed by atoms with van der Waals surface area (Å²) in [5, 5.41) is 9.11. The molecule has 0 fully saturated rings. The highest BCUT2D eigenvalue weighted by Gasteiger charge is 2.01. The number of rotatable bonds is 3. The van der Waals surface area contributed by atoms with Crippen LogP contribution in [0, 0.1) is 0 Å². The molecule has 3 aromatic rings. The van der Waals surface area contributed by atoms with Gasteiger partial charge in [-0.25, -0.2) is 0 Å². The fourth-order valence-electron chi connectivity index (χ4n) is 2.21. The zero-order chi connectivity index (χ0) is 14.7. The minimum Gasteiger partial charge on any atom is -0.306 e. The summed E-state index contributed by atoms with van der Waals surface area (Å²) in [6.07, 6.45) is 5.13. The number of hydrogen-bond donors (Lipinski definition) is 1. The zero-order valence-corrected chi connectivity index (χ0v) is 11.7. The molecule has 4 nitrogen and oxygen atoms in total. The molecule has 1 amide bonds. The molecule has 0 saturated heterocycles. The third-order valence-electron chi connectivity index (χ3n) is 3.20. The lowest BCUT2D eigenvalue weighted by molar-refractivity contribution is -0.111. The average Bonchev–Trinajstić information content (AvgIpc) is 2.90. The van der Waals surface area contributed by atoms with E-state index in [-0.39, 0.29) is 5.91 Å². The summed E-state index contributed by atoms with van der Waals surface area (Å²) in [6.45, 7) is 0. The first-order valence-corrected chi connectivity index (χ1v) is 6.69. The number of hydrogen-bond acceptors (Lipinski definition) is 2. The molecule has 0 saturated carbocycles. The molecule has 0 aliphatic rings. The Morgan fingerprint density at radius 3 is 2.76 bits per heavy atom. The van der Waals surface area contributed by atoms with Gasteiger partial charge in [0.25, 0.3) is 0 Å². The summed E-state index contributed by atoms with van der Waals surface area (Å²) in [5.41, 5.74) is 1.02. The van der Waals surface area contributed by atoms with Crippen molar-refractivity contribution in [3.8, 4) is 0 Å². The number of nitrogens with one attached hydrogen (secondary N) is 1. The maximum Gasteiger partial charge on any atom is 0.249 e. The lowest BCUT2D eigenvalue weighted by Gasteiger charge is -2.01. The maximum absolute atomic E-state index is 11.9. The van der Waals surface area contributed by atoms with Crippen molar-refractivity contribution in [2.24, 2.45) is 7.05 Å². The van der Waals surface area contributed by atoms with E-state index in [1.165, 1.54) is 6.08 Å². The molecule has 0 radical (unpaired) electrons. The Kier molecular flexibility index (Phi) is 3.51. The van der Waals surface area contributed by atoms with E-state index in [0.29, 0.717) is 5.82 Å². The summed E-state index contributed by atoms with van der Waals surface area (Å²) >= 11 is 0. The third-order valence-corrected chi connectivity index (χ3v) is 3.20. The standard InChI is InChI=1S/C17H15N3O/c1-20-12-11-16(19-20)18-17(21)10-9-14-7-4-6-13-5-2-3-8-15(13)14/h2-12H,1H3,(H,18,19,21). The van der Waals surface area contributed by atoms with Gasteiger partial charge in [0.1, 0.15) is 0 Å². The van der Waals surface area contributed by atoms with E-state index in [0.717, 1.165) is 16.3 Å². The van der Waals surface area contributed by atoms with Gasteiger partial charge in [-0.2, -0.15) is 5.10 Å². The van der Waals surface area contributed by atoms with Crippen LogP contribution in [0.25, 0.3) is 16.8 Å². The Hall–Kier alpha value is -2.88. The first kappa shape index (κ1) is 13.1. The number of carbonyl (C=O) groups excluding carboxylic acids is 1. The highest BCUT2D eigenvalue weighted by molar-refractivity contribution is 6.03. The van der Waals surface area contributed by atoms with Gasteiger partial charge in [0.15, 0.2) is 5.82 Å². The minimum atomic E-state index is -0.193. The van der Waals surface area contributed by atoms with Gasteiger partial charge in [-0.05, 0) is 22.4 Å². The first-order chi connectivity index (χ1) is 10.2. The van der Waals surface area contributed by atoms with Gasteiger partial charge in [0, 0.05) is 25.4 Å². The topological polar surface area (TPSA) is 46.9 Å². The van der Waals surface area contributed by atoms with Crippen LogP contribution in [0.15, 0.2) is 60.8 Å². The van der Waals surface area contributed by atoms with Gasteiger partial charge in [0.2, 0.25) is 5.91 Å². The molecular weight excluding hydrogens is 262 g/mol. The van der Waals surface area contributed by atoms with E-state index in [4.69, 9.17) is 0 Å². The van der Waals surface area contributed by atoms with Crippen LogP contribution < -0.4 is 5.32 Å². The number of amides is 1. The van der Waals surface area contributed by atoms with Crippen LogP contribution in [-0.2, 0) is 11.8 Å². The van der Waals surface area contributed by atoms with E-state index in [2.05, 4.69) is 22.5 Å². The van der Waals surface area contributed by atoms with E-state index in [1.54, 1.807) is 16.9 Å². The molecule has 1 heterocycles. The number of benzene rings is 2. The van der Waals surface area contributed by atoms with Crippen molar-refractivity contribution in [2.45, 2.75) is 0 Å². The van der Waals surface area contributed by atoms with Crippen molar-refractivity contribution in [3.63, 3.8) is 0 Å². The largest absolute Gasteiger partial charge is 0.306 e. The summed E-state index contributed by atoms with van der Waals surface area (Å²) in [7, 11) is 1.81. The highest BCUT2D eigenvalue weighted by atomic mass is 16.1. The maximum atomic E-state index is 11.9. The minimum absolute atomic E-state index is 0.193. The van der Waals surface area contributed by atoms with Gasteiger partial charge in [-0.1, -0.05) is 42.5 Å². The molecule has 0 unspecified atom stereocenters. The second-order valence-electron chi connectivity index (χ2n) is 4.77. The molecule has 3 rings (SSSR count). The number of carbonyl (C=O) groups is 1. The Labute approximate surface area is 122 Å². The molecule has 104 valence electrons. The average molecular weight is 277 g/mol. The van der Waals surface area contributed by atoms with Crippen molar-refractivity contribution in [1.82, 2.24) is 9.78 Å². The van der Waals surface area contributed by atoms with Crippen LogP contribution in [0.3, 0.4) is 0 Å². The molecule has 21 heavy (non-hydrogen) atoms. The monoisotopic (exact) mass is 277 g/mol. The number of aryl methyl sites for hydroxylation is 1. The molecule has 1 N–H and O–H groups in total. The second-order valence-corrected chi connectivity index (χ2v) is 4.77. The SMILES string of the molecule is Cn1ccc(NC(=O)C=Cc2cccc3ccccc23)n1. The fraction of sp³-hybridized carbons (Fsp3) is 0.0588. The van der Waals surface area contributed by atoms with Gasteiger partial charge in [0.05, 0.1) is 0 Å². The summed E-state index contributed by atoms with van der Waals surface area (Å²) in [6, 6.07) is 15.9. The van der Waals surface area contributed by atoms with E-state index < -0.39 is 0 Å². The van der Waals surface area contributed by atoms with Gasteiger partial charge in [-0.15, -0.1) is 0 Å². The molecule has 1 aromatic heterocycles. The van der Waals surface area contributed by atoms with Gasteiger partial charge in [-0.3, -0.25) is 9.48 Å². The Morgan fingerprint density at radius 2 is 1.95 bits per heavy atom. The van der Waals surface area contributed by atoms with E-state index >= 15 is 0 Å². The predicted molar refractivity (Wildman–Crippen MR) is 84.8 cm³/mol. The number of anilines is 1. The Balaban J connectivity index is 1.79. The van der Waals surface area contributed by atoms with Gasteiger partial charge >= 0.3 is 0 Å². The summed E-state index contributed by atoms with van der Waals surface area (Å²) in [4.78, 5) is 11.9. The molecule has 0 spiro atoms. The zero-order valence-electron chi connectivity index (χ0n) is 11.7. The molecule has 0 aliphatic carbocycles. The normalized spacial score (nSPS) is 11.1. The van der Waals surface area contributed by atoms with Crippen LogP contribution in [0.5, 0.6) is 0 Å². The fourth-order valence-corrected chi connectivity index (χ4v) is 2.21. The van der Waals surface area contributed by atoms with Gasteiger partial charge < -0.3 is 5.32 Å². The molecule has 0 aliphatic heterocycles. The highest BCUT2D eigenvalue weighted by Crippen LogP contribution is 2.19. The second kappa shape index (κ2) is 5.63. The summed E-state index contributed by atoms with van der Waals surface area (Å²) < 4.78 is 1.64. The molecule has 0 bridgehead atoms. The van der Waals surface area contributed by atoms with Crippen LogP contribution >= 0.6 is 0 Å².